The zero-order chi connectivity index (χ0) is 16.5. The molecule has 2 rings (SSSR count). The Kier molecular flexibility index (Phi) is 6.54. The van der Waals surface area contributed by atoms with E-state index in [1.165, 1.54) is 5.56 Å². The molecule has 2 N–H and O–H groups in total. The maximum absolute atomic E-state index is 12.0. The van der Waals surface area contributed by atoms with Crippen molar-refractivity contribution >= 4 is 11.7 Å². The minimum Gasteiger partial charge on any atom is -0.368 e. The molecule has 0 atom stereocenters. The van der Waals surface area contributed by atoms with E-state index in [-0.39, 0.29) is 5.91 Å². The Morgan fingerprint density at radius 1 is 1.09 bits per heavy atom. The van der Waals surface area contributed by atoms with Crippen molar-refractivity contribution in [3.05, 3.63) is 53.7 Å². The van der Waals surface area contributed by atoms with E-state index in [9.17, 15) is 4.79 Å². The topological polar surface area (TPSA) is 66.9 Å². The van der Waals surface area contributed by atoms with Gasteiger partial charge in [0.25, 0.3) is 5.91 Å². The Bertz CT molecular complexity index is 596. The van der Waals surface area contributed by atoms with Crippen molar-refractivity contribution < 1.29 is 4.79 Å². The van der Waals surface area contributed by atoms with Gasteiger partial charge in [-0.05, 0) is 36.5 Å². The van der Waals surface area contributed by atoms with E-state index in [4.69, 9.17) is 0 Å². The van der Waals surface area contributed by atoms with Gasteiger partial charge in [-0.25, -0.2) is 0 Å². The lowest BCUT2D eigenvalue weighted by Crippen LogP contribution is -2.26. The first-order chi connectivity index (χ1) is 11.1. The van der Waals surface area contributed by atoms with Gasteiger partial charge in [0.2, 0.25) is 0 Å². The molecule has 0 aliphatic heterocycles. The molecule has 0 aliphatic rings. The Labute approximate surface area is 137 Å². The summed E-state index contributed by atoms with van der Waals surface area (Å²) in [5.41, 5.74) is 1.63. The van der Waals surface area contributed by atoms with Crippen LogP contribution >= 0.6 is 0 Å². The lowest BCUT2D eigenvalue weighted by molar-refractivity contribution is 0.0947. The molecule has 1 aromatic heterocycles. The Morgan fingerprint density at radius 3 is 2.52 bits per heavy atom. The van der Waals surface area contributed by atoms with Crippen LogP contribution in [-0.4, -0.2) is 29.2 Å². The second-order valence-electron chi connectivity index (χ2n) is 5.92. The maximum atomic E-state index is 12.0. The van der Waals surface area contributed by atoms with Gasteiger partial charge in [0, 0.05) is 13.1 Å². The van der Waals surface area contributed by atoms with E-state index in [1.807, 2.05) is 18.2 Å². The number of anilines is 1. The standard InChI is InChI=1S/C18H24N4O/c1-14(2)13-20-17-11-10-16(21-22-17)18(23)19-12-6-9-15-7-4-3-5-8-15/h3-5,7-8,10-11,14H,6,9,12-13H2,1-2H3,(H,19,23)(H,20,22). The van der Waals surface area contributed by atoms with E-state index in [0.29, 0.717) is 24.0 Å². The van der Waals surface area contributed by atoms with E-state index in [2.05, 4.69) is 46.8 Å². The molecule has 0 aliphatic carbocycles. The van der Waals surface area contributed by atoms with Gasteiger partial charge in [0.15, 0.2) is 5.69 Å². The van der Waals surface area contributed by atoms with Crippen molar-refractivity contribution in [3.63, 3.8) is 0 Å². The van der Waals surface area contributed by atoms with E-state index < -0.39 is 0 Å². The minimum absolute atomic E-state index is 0.180. The largest absolute Gasteiger partial charge is 0.368 e. The van der Waals surface area contributed by atoms with Gasteiger partial charge in [0.05, 0.1) is 0 Å². The number of amides is 1. The number of benzene rings is 1. The van der Waals surface area contributed by atoms with Crippen LogP contribution in [0, 0.1) is 5.92 Å². The van der Waals surface area contributed by atoms with Gasteiger partial charge in [-0.1, -0.05) is 44.2 Å². The van der Waals surface area contributed by atoms with Crippen LogP contribution < -0.4 is 10.6 Å². The van der Waals surface area contributed by atoms with Crippen LogP contribution in [0.25, 0.3) is 0 Å². The summed E-state index contributed by atoms with van der Waals surface area (Å²) in [7, 11) is 0. The van der Waals surface area contributed by atoms with E-state index in [1.54, 1.807) is 12.1 Å². The first-order valence-electron chi connectivity index (χ1n) is 8.05. The summed E-state index contributed by atoms with van der Waals surface area (Å²) < 4.78 is 0. The highest BCUT2D eigenvalue weighted by Gasteiger charge is 2.07. The average Bonchev–Trinajstić information content (AvgIpc) is 2.58. The van der Waals surface area contributed by atoms with Crippen LogP contribution in [0.15, 0.2) is 42.5 Å². The number of carbonyl (C=O) groups is 1. The molecule has 0 fully saturated rings. The fourth-order valence-corrected chi connectivity index (χ4v) is 2.09. The summed E-state index contributed by atoms with van der Waals surface area (Å²) in [6.07, 6.45) is 1.85. The predicted octanol–water partition coefficient (Wildman–Crippen LogP) is 2.91. The normalized spacial score (nSPS) is 10.6. The zero-order valence-electron chi connectivity index (χ0n) is 13.7. The van der Waals surface area contributed by atoms with Crippen LogP contribution in [0.3, 0.4) is 0 Å². The number of aromatic nitrogens is 2. The van der Waals surface area contributed by atoms with Gasteiger partial charge in [-0.2, -0.15) is 0 Å². The fourth-order valence-electron chi connectivity index (χ4n) is 2.09. The van der Waals surface area contributed by atoms with Crippen LogP contribution in [-0.2, 0) is 6.42 Å². The van der Waals surface area contributed by atoms with Crippen molar-refractivity contribution in [1.29, 1.82) is 0 Å². The molecule has 0 radical (unpaired) electrons. The van der Waals surface area contributed by atoms with Gasteiger partial charge in [-0.3, -0.25) is 4.79 Å². The van der Waals surface area contributed by atoms with Gasteiger partial charge in [-0.15, -0.1) is 10.2 Å². The highest BCUT2D eigenvalue weighted by molar-refractivity contribution is 5.92. The molecule has 2 aromatic rings. The molecule has 1 aromatic carbocycles. The number of aryl methyl sites for hydroxylation is 1. The van der Waals surface area contributed by atoms with Crippen molar-refractivity contribution in [2.45, 2.75) is 26.7 Å². The molecule has 0 bridgehead atoms. The lowest BCUT2D eigenvalue weighted by atomic mass is 10.1. The Balaban J connectivity index is 1.72. The Hall–Kier alpha value is -2.43. The van der Waals surface area contributed by atoms with Crippen molar-refractivity contribution in [3.8, 4) is 0 Å². The monoisotopic (exact) mass is 312 g/mol. The maximum Gasteiger partial charge on any atom is 0.271 e. The average molecular weight is 312 g/mol. The van der Waals surface area contributed by atoms with Crippen molar-refractivity contribution in [1.82, 2.24) is 15.5 Å². The third kappa shape index (κ3) is 6.06. The minimum atomic E-state index is -0.180. The summed E-state index contributed by atoms with van der Waals surface area (Å²) in [5.74, 6) is 1.05. The fraction of sp³-hybridized carbons (Fsp3) is 0.389. The van der Waals surface area contributed by atoms with Crippen molar-refractivity contribution in [2.24, 2.45) is 5.92 Å². The molecule has 0 saturated heterocycles. The smallest absolute Gasteiger partial charge is 0.271 e. The number of carbonyl (C=O) groups excluding carboxylic acids is 1. The quantitative estimate of drug-likeness (QED) is 0.736. The molecule has 1 heterocycles. The van der Waals surface area contributed by atoms with Gasteiger partial charge >= 0.3 is 0 Å². The third-order valence-corrected chi connectivity index (χ3v) is 3.36. The molecule has 122 valence electrons. The summed E-state index contributed by atoms with van der Waals surface area (Å²) in [6, 6.07) is 13.7. The molecule has 0 saturated carbocycles. The second-order valence-corrected chi connectivity index (χ2v) is 5.92. The van der Waals surface area contributed by atoms with Crippen LogP contribution in [0.2, 0.25) is 0 Å². The number of rotatable bonds is 8. The SMILES string of the molecule is CC(C)CNc1ccc(C(=O)NCCCc2ccccc2)nn1. The molecule has 5 heteroatoms. The molecular weight excluding hydrogens is 288 g/mol. The molecule has 0 unspecified atom stereocenters. The van der Waals surface area contributed by atoms with Crippen LogP contribution in [0.4, 0.5) is 5.82 Å². The van der Waals surface area contributed by atoms with Crippen LogP contribution in [0.1, 0.15) is 36.3 Å². The highest BCUT2D eigenvalue weighted by Crippen LogP contribution is 2.04. The molecule has 23 heavy (non-hydrogen) atoms. The number of nitrogens with zero attached hydrogens (tertiary/aromatic N) is 2. The predicted molar refractivity (Wildman–Crippen MR) is 92.5 cm³/mol. The zero-order valence-corrected chi connectivity index (χ0v) is 13.7. The number of hydrogen-bond acceptors (Lipinski definition) is 4. The van der Waals surface area contributed by atoms with Gasteiger partial charge < -0.3 is 10.6 Å². The molecule has 5 nitrogen and oxygen atoms in total. The number of hydrogen-bond donors (Lipinski definition) is 2. The first-order valence-corrected chi connectivity index (χ1v) is 8.05. The first kappa shape index (κ1) is 16.9. The molecule has 1 amide bonds. The van der Waals surface area contributed by atoms with Gasteiger partial charge in [0.1, 0.15) is 5.82 Å². The van der Waals surface area contributed by atoms with E-state index in [0.717, 1.165) is 19.4 Å². The summed E-state index contributed by atoms with van der Waals surface area (Å²) in [5, 5.41) is 14.0. The lowest BCUT2D eigenvalue weighted by Gasteiger charge is -2.08. The van der Waals surface area contributed by atoms with Crippen molar-refractivity contribution in [2.75, 3.05) is 18.4 Å². The van der Waals surface area contributed by atoms with E-state index >= 15 is 0 Å². The highest BCUT2D eigenvalue weighted by atomic mass is 16.1. The molecular formula is C18H24N4O. The summed E-state index contributed by atoms with van der Waals surface area (Å²) in [4.78, 5) is 12.0. The Morgan fingerprint density at radius 2 is 1.87 bits per heavy atom. The second kappa shape index (κ2) is 8.88. The van der Waals surface area contributed by atoms with Crippen LogP contribution in [0.5, 0.6) is 0 Å². The third-order valence-electron chi connectivity index (χ3n) is 3.36. The summed E-state index contributed by atoms with van der Waals surface area (Å²) >= 11 is 0. The number of nitrogens with one attached hydrogen (secondary N) is 2. The summed E-state index contributed by atoms with van der Waals surface area (Å²) in [6.45, 7) is 5.71. The molecule has 0 spiro atoms.